The molecule has 32 heavy (non-hydrogen) atoms. The summed E-state index contributed by atoms with van der Waals surface area (Å²) in [4.78, 5) is 4.61. The van der Waals surface area contributed by atoms with Gasteiger partial charge in [0.2, 0.25) is 0 Å². The van der Waals surface area contributed by atoms with E-state index in [4.69, 9.17) is 0 Å². The number of sulfonamides is 1. The van der Waals surface area contributed by atoms with Crippen LogP contribution in [0.4, 0.5) is 15.9 Å². The normalized spacial score (nSPS) is 11.0. The van der Waals surface area contributed by atoms with Crippen LogP contribution in [-0.4, -0.2) is 13.4 Å². The minimum absolute atomic E-state index is 0.0724. The van der Waals surface area contributed by atoms with Gasteiger partial charge in [0, 0.05) is 12.1 Å². The number of pyridine rings is 1. The van der Waals surface area contributed by atoms with Crippen molar-refractivity contribution in [3.63, 3.8) is 0 Å². The van der Waals surface area contributed by atoms with Gasteiger partial charge >= 0.3 is 0 Å². The zero-order chi connectivity index (χ0) is 22.6. The average molecular weight is 465 g/mol. The van der Waals surface area contributed by atoms with Gasteiger partial charge in [-0.1, -0.05) is 18.2 Å². The van der Waals surface area contributed by atoms with E-state index in [0.717, 1.165) is 5.56 Å². The van der Waals surface area contributed by atoms with Crippen molar-refractivity contribution in [2.24, 2.45) is 0 Å². The molecule has 0 radical (unpaired) electrons. The lowest BCUT2D eigenvalue weighted by atomic mass is 10.1. The van der Waals surface area contributed by atoms with Crippen LogP contribution in [0.5, 0.6) is 0 Å². The molecule has 160 valence electrons. The van der Waals surface area contributed by atoms with Crippen LogP contribution < -0.4 is 10.0 Å². The van der Waals surface area contributed by atoms with Gasteiger partial charge in [-0.25, -0.2) is 17.8 Å². The number of nitriles is 1. The highest BCUT2D eigenvalue weighted by Crippen LogP contribution is 2.32. The summed E-state index contributed by atoms with van der Waals surface area (Å²) in [6, 6.07) is 18.9. The van der Waals surface area contributed by atoms with Crippen LogP contribution in [0.3, 0.4) is 0 Å². The first-order valence-electron chi connectivity index (χ1n) is 9.50. The molecular formula is C23H17FN4O2S2. The number of anilines is 2. The molecule has 0 atom stereocenters. The molecule has 6 nitrogen and oxygen atoms in total. The van der Waals surface area contributed by atoms with Gasteiger partial charge in [0.15, 0.2) is 0 Å². The predicted molar refractivity (Wildman–Crippen MR) is 123 cm³/mol. The van der Waals surface area contributed by atoms with Crippen molar-refractivity contribution in [2.45, 2.75) is 11.4 Å². The van der Waals surface area contributed by atoms with Crippen molar-refractivity contribution in [1.29, 1.82) is 5.26 Å². The molecule has 4 aromatic rings. The summed E-state index contributed by atoms with van der Waals surface area (Å²) >= 11 is 1.56. The quantitative estimate of drug-likeness (QED) is 0.390. The Morgan fingerprint density at radius 1 is 1.06 bits per heavy atom. The van der Waals surface area contributed by atoms with E-state index in [-0.39, 0.29) is 21.8 Å². The van der Waals surface area contributed by atoms with Crippen molar-refractivity contribution < 1.29 is 12.8 Å². The summed E-state index contributed by atoms with van der Waals surface area (Å²) in [7, 11) is -3.93. The van der Waals surface area contributed by atoms with E-state index in [1.807, 2.05) is 16.8 Å². The van der Waals surface area contributed by atoms with Gasteiger partial charge in [-0.05, 0) is 64.9 Å². The highest BCUT2D eigenvalue weighted by atomic mass is 32.2. The van der Waals surface area contributed by atoms with E-state index >= 15 is 0 Å². The third-order valence-electron chi connectivity index (χ3n) is 4.60. The zero-order valence-corrected chi connectivity index (χ0v) is 18.3. The van der Waals surface area contributed by atoms with Crippen LogP contribution in [0.1, 0.15) is 11.1 Å². The molecule has 0 aliphatic rings. The summed E-state index contributed by atoms with van der Waals surface area (Å²) in [5.41, 5.74) is 2.10. The fourth-order valence-electron chi connectivity index (χ4n) is 3.02. The third kappa shape index (κ3) is 4.77. The topological polar surface area (TPSA) is 94.9 Å². The largest absolute Gasteiger partial charge is 0.365 e. The van der Waals surface area contributed by atoms with Crippen molar-refractivity contribution in [3.8, 4) is 17.3 Å². The standard InChI is InChI=1S/C23H17FN4O2S2/c24-19-8-6-17(7-9-19)22-21(28-32(29,30)20-4-2-1-3-5-20)12-18(13-25)23(27-22)26-14-16-10-11-31-15-16/h1-12,15,28H,14H2,(H,26,27). The molecule has 2 heterocycles. The Hall–Kier alpha value is -3.74. The molecule has 0 aliphatic carbocycles. The van der Waals surface area contributed by atoms with Gasteiger partial charge in [-0.3, -0.25) is 4.72 Å². The minimum Gasteiger partial charge on any atom is -0.365 e. The van der Waals surface area contributed by atoms with Crippen LogP contribution in [0.25, 0.3) is 11.3 Å². The van der Waals surface area contributed by atoms with Crippen LogP contribution in [-0.2, 0) is 16.6 Å². The zero-order valence-electron chi connectivity index (χ0n) is 16.6. The lowest BCUT2D eigenvalue weighted by Crippen LogP contribution is -2.15. The van der Waals surface area contributed by atoms with Crippen molar-refractivity contribution in [2.75, 3.05) is 10.0 Å². The maximum Gasteiger partial charge on any atom is 0.261 e. The van der Waals surface area contributed by atoms with Crippen LogP contribution in [0.2, 0.25) is 0 Å². The second-order valence-electron chi connectivity index (χ2n) is 6.80. The van der Waals surface area contributed by atoms with Crippen molar-refractivity contribution >= 4 is 32.9 Å². The summed E-state index contributed by atoms with van der Waals surface area (Å²) in [6.07, 6.45) is 0. The van der Waals surface area contributed by atoms with Gasteiger partial charge in [-0.2, -0.15) is 16.6 Å². The van der Waals surface area contributed by atoms with Crippen molar-refractivity contribution in [1.82, 2.24) is 4.98 Å². The first-order valence-corrected chi connectivity index (χ1v) is 11.9. The monoisotopic (exact) mass is 464 g/mol. The molecule has 2 N–H and O–H groups in total. The van der Waals surface area contributed by atoms with Crippen LogP contribution in [0.15, 0.2) is 82.4 Å². The molecule has 0 saturated heterocycles. The molecule has 0 unspecified atom stereocenters. The van der Waals surface area contributed by atoms with Gasteiger partial charge < -0.3 is 5.32 Å². The summed E-state index contributed by atoms with van der Waals surface area (Å²) in [5, 5.41) is 16.7. The third-order valence-corrected chi connectivity index (χ3v) is 6.71. The lowest BCUT2D eigenvalue weighted by molar-refractivity contribution is 0.601. The Labute approximate surface area is 189 Å². The summed E-state index contributed by atoms with van der Waals surface area (Å²) in [5.74, 6) is -0.120. The highest BCUT2D eigenvalue weighted by Gasteiger charge is 2.20. The molecule has 2 aromatic carbocycles. The first-order chi connectivity index (χ1) is 15.5. The fourth-order valence-corrected chi connectivity index (χ4v) is 4.77. The highest BCUT2D eigenvalue weighted by molar-refractivity contribution is 7.92. The number of halogens is 1. The van der Waals surface area contributed by atoms with Gasteiger partial charge in [0.25, 0.3) is 10.0 Å². The number of aromatic nitrogens is 1. The van der Waals surface area contributed by atoms with Crippen LogP contribution in [0, 0.1) is 17.1 Å². The van der Waals surface area contributed by atoms with E-state index in [1.54, 1.807) is 29.5 Å². The number of benzene rings is 2. The molecule has 4 rings (SSSR count). The number of hydrogen-bond donors (Lipinski definition) is 2. The summed E-state index contributed by atoms with van der Waals surface area (Å²) < 4.78 is 41.8. The number of nitrogens with zero attached hydrogens (tertiary/aromatic N) is 2. The molecule has 0 saturated carbocycles. The van der Waals surface area contributed by atoms with Crippen molar-refractivity contribution in [3.05, 3.63) is 94.4 Å². The van der Waals surface area contributed by atoms with E-state index in [0.29, 0.717) is 17.9 Å². The molecule has 0 amide bonds. The maximum absolute atomic E-state index is 13.5. The van der Waals surface area contributed by atoms with E-state index in [1.165, 1.54) is 42.5 Å². The fraction of sp³-hybridized carbons (Fsp3) is 0.0435. The van der Waals surface area contributed by atoms with Gasteiger partial charge in [0.05, 0.1) is 21.8 Å². The Balaban J connectivity index is 1.78. The van der Waals surface area contributed by atoms with Crippen LogP contribution >= 0.6 is 11.3 Å². The number of rotatable bonds is 7. The lowest BCUT2D eigenvalue weighted by Gasteiger charge is -2.16. The van der Waals surface area contributed by atoms with Gasteiger partial charge in [-0.15, -0.1) is 0 Å². The van der Waals surface area contributed by atoms with E-state index in [2.05, 4.69) is 21.1 Å². The Bertz CT molecular complexity index is 1370. The molecule has 9 heteroatoms. The SMILES string of the molecule is N#Cc1cc(NS(=O)(=O)c2ccccc2)c(-c2ccc(F)cc2)nc1NCc1ccsc1. The molecule has 0 aliphatic heterocycles. The smallest absolute Gasteiger partial charge is 0.261 e. The molecular weight excluding hydrogens is 447 g/mol. The predicted octanol–water partition coefficient (Wildman–Crippen LogP) is 5.23. The second kappa shape index (κ2) is 9.18. The van der Waals surface area contributed by atoms with E-state index < -0.39 is 15.8 Å². The second-order valence-corrected chi connectivity index (χ2v) is 9.27. The molecule has 0 spiro atoms. The molecule has 0 bridgehead atoms. The Morgan fingerprint density at radius 3 is 2.47 bits per heavy atom. The number of hydrogen-bond acceptors (Lipinski definition) is 6. The Morgan fingerprint density at radius 2 is 1.81 bits per heavy atom. The summed E-state index contributed by atoms with van der Waals surface area (Å²) in [6.45, 7) is 0.448. The van der Waals surface area contributed by atoms with Gasteiger partial charge in [0.1, 0.15) is 17.7 Å². The molecule has 2 aromatic heterocycles. The number of thiophene rings is 1. The van der Waals surface area contributed by atoms with E-state index in [9.17, 15) is 18.1 Å². The minimum atomic E-state index is -3.93. The average Bonchev–Trinajstić information content (AvgIpc) is 3.32. The number of nitrogens with one attached hydrogen (secondary N) is 2. The first kappa shape index (κ1) is 21.5. The maximum atomic E-state index is 13.5. The Kier molecular flexibility index (Phi) is 6.16. The molecule has 0 fully saturated rings.